The number of benzene rings is 1. The Morgan fingerprint density at radius 1 is 1.27 bits per heavy atom. The summed E-state index contributed by atoms with van der Waals surface area (Å²) in [6.45, 7) is 6.07. The lowest BCUT2D eigenvalue weighted by atomic mass is 9.89. The average molecular weight is 466 g/mol. The van der Waals surface area contributed by atoms with E-state index in [1.165, 1.54) is 26.2 Å². The topological polar surface area (TPSA) is 180 Å². The quantitative estimate of drug-likeness (QED) is 0.466. The van der Waals surface area contributed by atoms with Crippen molar-refractivity contribution in [3.63, 3.8) is 0 Å². The van der Waals surface area contributed by atoms with Crippen molar-refractivity contribution in [2.24, 2.45) is 5.73 Å². The van der Waals surface area contributed by atoms with Crippen molar-refractivity contribution >= 4 is 28.7 Å². The fraction of sp³-hybridized carbons (Fsp3) is 0.476. The van der Waals surface area contributed by atoms with Gasteiger partial charge in [-0.3, -0.25) is 4.79 Å². The van der Waals surface area contributed by atoms with Gasteiger partial charge < -0.3 is 44.6 Å². The van der Waals surface area contributed by atoms with Gasteiger partial charge in [-0.05, 0) is 32.9 Å². The maximum absolute atomic E-state index is 12.3. The van der Waals surface area contributed by atoms with Crippen LogP contribution >= 0.6 is 0 Å². The van der Waals surface area contributed by atoms with Gasteiger partial charge in [0.05, 0.1) is 11.0 Å². The Bertz CT molecular complexity index is 1140. The molecule has 0 aliphatic carbocycles. The van der Waals surface area contributed by atoms with E-state index in [2.05, 4.69) is 5.32 Å². The highest BCUT2D eigenvalue weighted by Gasteiger charge is 2.53. The molecule has 12 nitrogen and oxygen atoms in total. The number of ether oxygens (including phenoxy) is 4. The Labute approximate surface area is 188 Å². The average Bonchev–Trinajstić information content (AvgIpc) is 2.70. The molecule has 4 atom stereocenters. The second kappa shape index (κ2) is 8.89. The summed E-state index contributed by atoms with van der Waals surface area (Å²) in [5, 5.41) is 23.6. The normalized spacial score (nSPS) is 24.3. The number of aryl methyl sites for hydroxylation is 1. The smallest absolute Gasteiger partial charge is 0.404 e. The number of hydrogen-bond donors (Lipinski definition) is 4. The maximum atomic E-state index is 12.3. The number of aliphatic hydroxyl groups excluding tert-OH is 1. The molecule has 3 rings (SSSR count). The second-order valence-electron chi connectivity index (χ2n) is 8.12. The van der Waals surface area contributed by atoms with Crippen molar-refractivity contribution in [2.75, 3.05) is 12.4 Å². The van der Waals surface area contributed by atoms with Crippen LogP contribution in [0.4, 0.5) is 10.5 Å². The first-order valence-corrected chi connectivity index (χ1v) is 9.95. The number of carbonyl (C=O) groups excluding carboxylic acids is 2. The van der Waals surface area contributed by atoms with E-state index in [4.69, 9.17) is 29.1 Å². The van der Waals surface area contributed by atoms with E-state index < -0.39 is 53.6 Å². The number of primary amides is 1. The van der Waals surface area contributed by atoms with Gasteiger partial charge in [0.25, 0.3) is 0 Å². The molecule has 2 heterocycles. The first-order valence-electron chi connectivity index (χ1n) is 9.95. The van der Waals surface area contributed by atoms with E-state index in [9.17, 15) is 24.6 Å². The van der Waals surface area contributed by atoms with E-state index in [-0.39, 0.29) is 22.4 Å². The zero-order chi connectivity index (χ0) is 24.7. The van der Waals surface area contributed by atoms with Crippen LogP contribution < -0.4 is 21.4 Å². The molecule has 1 aromatic heterocycles. The molecule has 0 radical (unpaired) electrons. The summed E-state index contributed by atoms with van der Waals surface area (Å²) in [4.78, 5) is 35.0. The van der Waals surface area contributed by atoms with Gasteiger partial charge in [-0.1, -0.05) is 0 Å². The molecule has 2 aromatic rings. The molecule has 1 aliphatic heterocycles. The molecule has 1 fully saturated rings. The van der Waals surface area contributed by atoms with Gasteiger partial charge in [0, 0.05) is 19.6 Å². The third kappa shape index (κ3) is 4.58. The first kappa shape index (κ1) is 24.3. The Morgan fingerprint density at radius 3 is 2.52 bits per heavy atom. The van der Waals surface area contributed by atoms with E-state index >= 15 is 0 Å². The SMILES string of the molecule is CO[C@@H]1[C@@H](OC(N)=O)[C@@H](O)[C@H](Oc2ccc3c(O)c(NC(C)=O)c(=O)oc3c2C)OC1(C)C. The van der Waals surface area contributed by atoms with Gasteiger partial charge in [-0.2, -0.15) is 0 Å². The standard InChI is InChI=1S/C21H26N2O10/c1-8-11(7-6-10-13(25)12(23-9(2)24)18(27)31-15(8)10)30-19-14(26)16(32-20(22)28)17(29-5)21(3,4)33-19/h6-7,14,16-17,19,25-26H,1-5H3,(H2,22,28)(H,23,24)/t14-,16+,17-,19-/m1/s1. The molecule has 0 saturated carbocycles. The minimum atomic E-state index is -1.48. The monoisotopic (exact) mass is 466 g/mol. The van der Waals surface area contributed by atoms with E-state index in [0.717, 1.165) is 0 Å². The number of carbonyl (C=O) groups is 2. The van der Waals surface area contributed by atoms with Crippen LogP contribution in [0.15, 0.2) is 21.3 Å². The number of fused-ring (bicyclic) bond motifs is 1. The number of nitrogens with one attached hydrogen (secondary N) is 1. The zero-order valence-electron chi connectivity index (χ0n) is 18.7. The van der Waals surface area contributed by atoms with Gasteiger partial charge in [0.1, 0.15) is 17.4 Å². The fourth-order valence-electron chi connectivity index (χ4n) is 3.85. The summed E-state index contributed by atoms with van der Waals surface area (Å²) in [5.74, 6) is -0.855. The highest BCUT2D eigenvalue weighted by atomic mass is 16.7. The Balaban J connectivity index is 2.00. The van der Waals surface area contributed by atoms with Crippen molar-refractivity contribution in [2.45, 2.75) is 57.9 Å². The molecule has 180 valence electrons. The van der Waals surface area contributed by atoms with Crippen molar-refractivity contribution in [3.8, 4) is 11.5 Å². The third-order valence-corrected chi connectivity index (χ3v) is 5.32. The summed E-state index contributed by atoms with van der Waals surface area (Å²) < 4.78 is 27.4. The number of aliphatic hydroxyl groups is 1. The summed E-state index contributed by atoms with van der Waals surface area (Å²) >= 11 is 0. The van der Waals surface area contributed by atoms with Crippen LogP contribution in [-0.4, -0.2) is 59.5 Å². The number of rotatable bonds is 5. The van der Waals surface area contributed by atoms with Gasteiger partial charge in [-0.15, -0.1) is 0 Å². The number of methoxy groups -OCH3 is 1. The number of hydrogen-bond acceptors (Lipinski definition) is 10. The highest BCUT2D eigenvalue weighted by molar-refractivity contribution is 5.97. The lowest BCUT2D eigenvalue weighted by Crippen LogP contribution is -2.65. The minimum absolute atomic E-state index is 0.00775. The number of aromatic hydroxyl groups is 1. The Morgan fingerprint density at radius 2 is 1.94 bits per heavy atom. The zero-order valence-corrected chi connectivity index (χ0v) is 18.7. The van der Waals surface area contributed by atoms with Crippen molar-refractivity contribution in [1.29, 1.82) is 0 Å². The first-order chi connectivity index (χ1) is 15.4. The predicted molar refractivity (Wildman–Crippen MR) is 114 cm³/mol. The van der Waals surface area contributed by atoms with Crippen LogP contribution in [-0.2, 0) is 19.0 Å². The van der Waals surface area contributed by atoms with Gasteiger partial charge in [0.15, 0.2) is 23.6 Å². The largest absolute Gasteiger partial charge is 0.505 e. The minimum Gasteiger partial charge on any atom is -0.505 e. The van der Waals surface area contributed by atoms with Crippen LogP contribution in [0.1, 0.15) is 26.3 Å². The van der Waals surface area contributed by atoms with Crippen LogP contribution in [0.25, 0.3) is 11.0 Å². The molecule has 1 saturated heterocycles. The molecular weight excluding hydrogens is 440 g/mol. The Kier molecular flexibility index (Phi) is 6.54. The number of amides is 2. The molecule has 1 aliphatic rings. The van der Waals surface area contributed by atoms with Crippen molar-refractivity contribution < 1.29 is 43.2 Å². The molecule has 12 heteroatoms. The van der Waals surface area contributed by atoms with Gasteiger partial charge in [0.2, 0.25) is 12.2 Å². The summed E-state index contributed by atoms with van der Waals surface area (Å²) in [7, 11) is 1.37. The highest BCUT2D eigenvalue weighted by Crippen LogP contribution is 2.38. The molecule has 5 N–H and O–H groups in total. The molecule has 33 heavy (non-hydrogen) atoms. The van der Waals surface area contributed by atoms with Crippen molar-refractivity contribution in [1.82, 2.24) is 0 Å². The second-order valence-corrected chi connectivity index (χ2v) is 8.12. The van der Waals surface area contributed by atoms with Crippen LogP contribution in [0.5, 0.6) is 11.5 Å². The Hall–Kier alpha value is -3.35. The third-order valence-electron chi connectivity index (χ3n) is 5.32. The molecule has 1 aromatic carbocycles. The molecular formula is C21H26N2O10. The van der Waals surface area contributed by atoms with Gasteiger partial charge in [-0.25, -0.2) is 9.59 Å². The molecule has 0 unspecified atom stereocenters. The van der Waals surface area contributed by atoms with E-state index in [0.29, 0.717) is 5.56 Å². The van der Waals surface area contributed by atoms with Crippen LogP contribution in [0.3, 0.4) is 0 Å². The van der Waals surface area contributed by atoms with E-state index in [1.54, 1.807) is 20.8 Å². The summed E-state index contributed by atoms with van der Waals surface area (Å²) in [6, 6.07) is 2.88. The summed E-state index contributed by atoms with van der Waals surface area (Å²) in [6.07, 6.45) is -5.94. The van der Waals surface area contributed by atoms with Crippen LogP contribution in [0, 0.1) is 6.92 Å². The van der Waals surface area contributed by atoms with Gasteiger partial charge >= 0.3 is 11.7 Å². The molecule has 0 spiro atoms. The summed E-state index contributed by atoms with van der Waals surface area (Å²) in [5.41, 5.74) is 3.07. The number of anilines is 1. The van der Waals surface area contributed by atoms with Crippen molar-refractivity contribution in [3.05, 3.63) is 28.1 Å². The van der Waals surface area contributed by atoms with Crippen LogP contribution in [0.2, 0.25) is 0 Å². The fourth-order valence-corrected chi connectivity index (χ4v) is 3.85. The van der Waals surface area contributed by atoms with E-state index in [1.807, 2.05) is 0 Å². The molecule has 0 bridgehead atoms. The lowest BCUT2D eigenvalue weighted by molar-refractivity contribution is -0.304. The predicted octanol–water partition coefficient (Wildman–Crippen LogP) is 1.12. The number of nitrogens with two attached hydrogens (primary N) is 1. The molecule has 2 amide bonds. The lowest BCUT2D eigenvalue weighted by Gasteiger charge is -2.47. The maximum Gasteiger partial charge on any atom is 0.404 e.